The Labute approximate surface area is 116 Å². The second-order valence-electron chi connectivity index (χ2n) is 4.11. The van der Waals surface area contributed by atoms with Crippen molar-refractivity contribution in [1.82, 2.24) is 4.37 Å². The van der Waals surface area contributed by atoms with Crippen LogP contribution in [0.2, 0.25) is 0 Å². The fraction of sp³-hybridized carbons (Fsp3) is 0.188. The zero-order valence-corrected chi connectivity index (χ0v) is 12.2. The van der Waals surface area contributed by atoms with Crippen LogP contribution in [0.5, 0.6) is 0 Å². The number of hydrogen-bond acceptors (Lipinski definition) is 2. The number of aromatic amines is 1. The van der Waals surface area contributed by atoms with Crippen molar-refractivity contribution in [3.8, 4) is 11.1 Å². The van der Waals surface area contributed by atoms with Gasteiger partial charge in [-0.25, -0.2) is 0 Å². The molecule has 98 valence electrons. The van der Waals surface area contributed by atoms with E-state index in [9.17, 15) is 4.79 Å². The Morgan fingerprint density at radius 2 is 1.58 bits per heavy atom. The van der Waals surface area contributed by atoms with Gasteiger partial charge in [0.05, 0.1) is 10.1 Å². The van der Waals surface area contributed by atoms with Crippen molar-refractivity contribution in [3.05, 3.63) is 58.4 Å². The van der Waals surface area contributed by atoms with Crippen molar-refractivity contribution in [3.63, 3.8) is 0 Å². The standard InChI is InChI=1S/C14H11NOS.C2H6/c1-9-2-4-10(5-3-9)11-6-7-13-12(8-11)14(16)15-17-13;1-2/h2-8H,1H3,(H,15,16);1-2H3. The normalized spacial score (nSPS) is 10.1. The van der Waals surface area contributed by atoms with Gasteiger partial charge in [0.1, 0.15) is 0 Å². The Morgan fingerprint density at radius 3 is 2.26 bits per heavy atom. The molecule has 0 aliphatic carbocycles. The number of aryl methyl sites for hydroxylation is 1. The van der Waals surface area contributed by atoms with Gasteiger partial charge < -0.3 is 0 Å². The Morgan fingerprint density at radius 1 is 0.947 bits per heavy atom. The van der Waals surface area contributed by atoms with Crippen LogP contribution in [0.1, 0.15) is 19.4 Å². The zero-order valence-electron chi connectivity index (χ0n) is 11.4. The van der Waals surface area contributed by atoms with Crippen molar-refractivity contribution in [2.45, 2.75) is 20.8 Å². The molecule has 0 saturated carbocycles. The van der Waals surface area contributed by atoms with E-state index in [1.807, 2.05) is 26.0 Å². The molecule has 2 nitrogen and oxygen atoms in total. The molecule has 0 aliphatic heterocycles. The Hall–Kier alpha value is -1.87. The summed E-state index contributed by atoms with van der Waals surface area (Å²) in [5.41, 5.74) is 3.46. The molecule has 1 heterocycles. The summed E-state index contributed by atoms with van der Waals surface area (Å²) in [7, 11) is 0. The molecule has 0 saturated heterocycles. The SMILES string of the molecule is CC.Cc1ccc(-c2ccc3s[nH]c(=O)c3c2)cc1. The predicted octanol–water partition coefficient (Wildman–Crippen LogP) is 4.59. The summed E-state index contributed by atoms with van der Waals surface area (Å²) in [6.45, 7) is 6.07. The van der Waals surface area contributed by atoms with Gasteiger partial charge in [-0.1, -0.05) is 61.3 Å². The van der Waals surface area contributed by atoms with Crippen LogP contribution in [0.15, 0.2) is 47.3 Å². The molecule has 0 amide bonds. The topological polar surface area (TPSA) is 32.9 Å². The molecule has 3 rings (SSSR count). The summed E-state index contributed by atoms with van der Waals surface area (Å²) in [5.74, 6) is 0. The summed E-state index contributed by atoms with van der Waals surface area (Å²) in [6, 6.07) is 14.3. The molecule has 2 aromatic carbocycles. The van der Waals surface area contributed by atoms with E-state index in [4.69, 9.17) is 0 Å². The number of fused-ring (bicyclic) bond motifs is 1. The first kappa shape index (κ1) is 13.6. The Balaban J connectivity index is 0.000000637. The van der Waals surface area contributed by atoms with E-state index in [1.54, 1.807) is 0 Å². The molecule has 0 fully saturated rings. The van der Waals surface area contributed by atoms with Crippen LogP contribution < -0.4 is 5.56 Å². The third-order valence-electron chi connectivity index (χ3n) is 2.86. The second-order valence-corrected chi connectivity index (χ2v) is 4.96. The molecule has 0 unspecified atom stereocenters. The highest BCUT2D eigenvalue weighted by atomic mass is 32.1. The molecule has 3 aromatic rings. The largest absolute Gasteiger partial charge is 0.277 e. The summed E-state index contributed by atoms with van der Waals surface area (Å²) < 4.78 is 3.76. The minimum Gasteiger partial charge on any atom is -0.277 e. The smallest absolute Gasteiger partial charge is 0.265 e. The Bertz CT molecular complexity index is 722. The lowest BCUT2D eigenvalue weighted by Crippen LogP contribution is -1.95. The number of nitrogens with one attached hydrogen (secondary N) is 1. The average molecular weight is 271 g/mol. The zero-order chi connectivity index (χ0) is 13.8. The van der Waals surface area contributed by atoms with Gasteiger partial charge in [0.25, 0.3) is 5.56 Å². The second kappa shape index (κ2) is 5.85. The maximum Gasteiger partial charge on any atom is 0.265 e. The maximum absolute atomic E-state index is 11.6. The highest BCUT2D eigenvalue weighted by molar-refractivity contribution is 7.13. The van der Waals surface area contributed by atoms with E-state index in [2.05, 4.69) is 41.6 Å². The third kappa shape index (κ3) is 2.76. The first-order valence-corrected chi connectivity index (χ1v) is 7.24. The minimum absolute atomic E-state index is 0.000961. The fourth-order valence-corrected chi connectivity index (χ4v) is 2.59. The van der Waals surface area contributed by atoms with Gasteiger partial charge in [-0.15, -0.1) is 0 Å². The van der Waals surface area contributed by atoms with Gasteiger partial charge in [0.15, 0.2) is 0 Å². The molecule has 0 atom stereocenters. The van der Waals surface area contributed by atoms with Crippen LogP contribution in [0.25, 0.3) is 21.2 Å². The lowest BCUT2D eigenvalue weighted by Gasteiger charge is -2.01. The number of benzene rings is 2. The van der Waals surface area contributed by atoms with Crippen LogP contribution in [-0.2, 0) is 0 Å². The molecule has 19 heavy (non-hydrogen) atoms. The molecule has 0 radical (unpaired) electrons. The van der Waals surface area contributed by atoms with Gasteiger partial charge >= 0.3 is 0 Å². The highest BCUT2D eigenvalue weighted by Crippen LogP contribution is 2.24. The number of rotatable bonds is 1. The van der Waals surface area contributed by atoms with Gasteiger partial charge in [-0.05, 0) is 30.2 Å². The maximum atomic E-state index is 11.6. The van der Waals surface area contributed by atoms with Gasteiger partial charge in [0.2, 0.25) is 0 Å². The van der Waals surface area contributed by atoms with Crippen molar-refractivity contribution in [2.75, 3.05) is 0 Å². The summed E-state index contributed by atoms with van der Waals surface area (Å²) >= 11 is 1.38. The number of H-pyrrole nitrogens is 1. The summed E-state index contributed by atoms with van der Waals surface area (Å²) in [5, 5.41) is 0.771. The van der Waals surface area contributed by atoms with Gasteiger partial charge in [0, 0.05) is 0 Å². The highest BCUT2D eigenvalue weighted by Gasteiger charge is 2.03. The first-order chi connectivity index (χ1) is 9.24. The van der Waals surface area contributed by atoms with Crippen LogP contribution in [0.4, 0.5) is 0 Å². The number of hydrogen-bond donors (Lipinski definition) is 1. The van der Waals surface area contributed by atoms with E-state index in [0.717, 1.165) is 21.2 Å². The predicted molar refractivity (Wildman–Crippen MR) is 84.0 cm³/mol. The van der Waals surface area contributed by atoms with E-state index in [1.165, 1.54) is 17.1 Å². The van der Waals surface area contributed by atoms with E-state index in [0.29, 0.717) is 0 Å². The van der Waals surface area contributed by atoms with Crippen LogP contribution in [0, 0.1) is 6.92 Å². The van der Waals surface area contributed by atoms with Gasteiger partial charge in [-0.2, -0.15) is 0 Å². The van der Waals surface area contributed by atoms with Gasteiger partial charge in [-0.3, -0.25) is 9.17 Å². The molecule has 1 aromatic heterocycles. The number of aromatic nitrogens is 1. The Kier molecular flexibility index (Phi) is 4.17. The van der Waals surface area contributed by atoms with Crippen molar-refractivity contribution in [1.29, 1.82) is 0 Å². The van der Waals surface area contributed by atoms with E-state index < -0.39 is 0 Å². The molecule has 0 aliphatic rings. The van der Waals surface area contributed by atoms with Crippen molar-refractivity contribution < 1.29 is 0 Å². The summed E-state index contributed by atoms with van der Waals surface area (Å²) in [6.07, 6.45) is 0. The lowest BCUT2D eigenvalue weighted by atomic mass is 10.0. The van der Waals surface area contributed by atoms with E-state index >= 15 is 0 Å². The first-order valence-electron chi connectivity index (χ1n) is 6.42. The fourth-order valence-electron chi connectivity index (χ4n) is 1.88. The van der Waals surface area contributed by atoms with Crippen LogP contribution in [-0.4, -0.2) is 4.37 Å². The summed E-state index contributed by atoms with van der Waals surface area (Å²) in [4.78, 5) is 11.6. The average Bonchev–Trinajstić information content (AvgIpc) is 2.83. The quantitative estimate of drug-likeness (QED) is 0.689. The monoisotopic (exact) mass is 271 g/mol. The molecule has 0 bridgehead atoms. The third-order valence-corrected chi connectivity index (χ3v) is 3.73. The van der Waals surface area contributed by atoms with Crippen molar-refractivity contribution >= 4 is 21.6 Å². The van der Waals surface area contributed by atoms with Crippen molar-refractivity contribution in [2.24, 2.45) is 0 Å². The molecule has 3 heteroatoms. The van der Waals surface area contributed by atoms with E-state index in [-0.39, 0.29) is 5.56 Å². The molecule has 0 spiro atoms. The van der Waals surface area contributed by atoms with Crippen LogP contribution in [0.3, 0.4) is 0 Å². The van der Waals surface area contributed by atoms with Crippen LogP contribution >= 0.6 is 11.5 Å². The minimum atomic E-state index is -0.000961. The molecular formula is C16H17NOS. The lowest BCUT2D eigenvalue weighted by molar-refractivity contribution is 1.46. The molecular weight excluding hydrogens is 254 g/mol. The molecule has 1 N–H and O–H groups in total.